The van der Waals surface area contributed by atoms with E-state index in [1.54, 1.807) is 0 Å². The highest BCUT2D eigenvalue weighted by Crippen LogP contribution is 2.20. The van der Waals surface area contributed by atoms with Crippen LogP contribution in [0.25, 0.3) is 0 Å². The lowest BCUT2D eigenvalue weighted by Gasteiger charge is -2.10. The van der Waals surface area contributed by atoms with Gasteiger partial charge >= 0.3 is 0 Å². The van der Waals surface area contributed by atoms with E-state index in [-0.39, 0.29) is 12.5 Å². The van der Waals surface area contributed by atoms with Crippen LogP contribution in [0.15, 0.2) is 12.1 Å². The molecule has 2 rings (SSSR count). The van der Waals surface area contributed by atoms with Crippen molar-refractivity contribution in [3.05, 3.63) is 34.9 Å². The van der Waals surface area contributed by atoms with Crippen molar-refractivity contribution >= 4 is 5.78 Å². The number of carbonyl (C=O) groups excluding carboxylic acids is 1. The molecule has 92 valence electrons. The second kappa shape index (κ2) is 4.92. The molecule has 0 spiro atoms. The number of carbonyl (C=O) groups is 1. The van der Waals surface area contributed by atoms with Crippen molar-refractivity contribution in [2.45, 2.75) is 32.2 Å². The zero-order valence-electron chi connectivity index (χ0n) is 9.72. The summed E-state index contributed by atoms with van der Waals surface area (Å²) < 4.78 is 27.2. The van der Waals surface area contributed by atoms with Gasteiger partial charge in [-0.25, -0.2) is 8.78 Å². The molecule has 17 heavy (non-hydrogen) atoms. The van der Waals surface area contributed by atoms with Crippen LogP contribution in [-0.2, 0) is 0 Å². The first kappa shape index (κ1) is 12.2. The number of halogens is 2. The number of nitrogens with one attached hydrogen (secondary N) is 1. The van der Waals surface area contributed by atoms with E-state index in [0.29, 0.717) is 5.56 Å². The molecule has 1 aromatic carbocycles. The minimum Gasteiger partial charge on any atom is -0.314 e. The van der Waals surface area contributed by atoms with Crippen molar-refractivity contribution in [3.63, 3.8) is 0 Å². The van der Waals surface area contributed by atoms with E-state index in [1.807, 2.05) is 0 Å². The number of rotatable bonds is 3. The molecule has 0 bridgehead atoms. The molecular formula is C13H15F2NO. The van der Waals surface area contributed by atoms with Crippen LogP contribution < -0.4 is 5.32 Å². The molecule has 1 N–H and O–H groups in total. The van der Waals surface area contributed by atoms with Crippen molar-refractivity contribution in [3.8, 4) is 0 Å². The molecule has 1 fully saturated rings. The smallest absolute Gasteiger partial charge is 0.170 e. The largest absolute Gasteiger partial charge is 0.314 e. The summed E-state index contributed by atoms with van der Waals surface area (Å²) in [7, 11) is 0. The fourth-order valence-corrected chi connectivity index (χ4v) is 2.17. The Bertz CT molecular complexity index is 439. The molecule has 1 saturated heterocycles. The maximum absolute atomic E-state index is 13.7. The van der Waals surface area contributed by atoms with Crippen molar-refractivity contribution in [1.82, 2.24) is 5.32 Å². The number of Topliss-reactive ketones (excluding diaryl/α,β-unsaturated/α-hetero) is 1. The van der Waals surface area contributed by atoms with Gasteiger partial charge in [0.25, 0.3) is 0 Å². The predicted octanol–water partition coefficient (Wildman–Crippen LogP) is 2.60. The lowest BCUT2D eigenvalue weighted by Crippen LogP contribution is -2.25. The highest BCUT2D eigenvalue weighted by Gasteiger charge is 2.23. The SMILES string of the molecule is Cc1ccc(F)c(C(=O)CC2CCCN2)c1F. The van der Waals surface area contributed by atoms with Gasteiger partial charge in [0.2, 0.25) is 0 Å². The topological polar surface area (TPSA) is 29.1 Å². The van der Waals surface area contributed by atoms with Gasteiger partial charge in [-0.15, -0.1) is 0 Å². The monoisotopic (exact) mass is 239 g/mol. The summed E-state index contributed by atoms with van der Waals surface area (Å²) >= 11 is 0. The van der Waals surface area contributed by atoms with Crippen molar-refractivity contribution in [1.29, 1.82) is 0 Å². The van der Waals surface area contributed by atoms with Crippen LogP contribution in [0.4, 0.5) is 8.78 Å². The summed E-state index contributed by atoms with van der Waals surface area (Å²) in [5.41, 5.74) is -0.0900. The molecular weight excluding hydrogens is 224 g/mol. The molecule has 0 aliphatic carbocycles. The highest BCUT2D eigenvalue weighted by molar-refractivity contribution is 5.97. The van der Waals surface area contributed by atoms with Crippen molar-refractivity contribution in [2.24, 2.45) is 0 Å². The van der Waals surface area contributed by atoms with E-state index in [9.17, 15) is 13.6 Å². The van der Waals surface area contributed by atoms with E-state index < -0.39 is 23.0 Å². The third-order valence-electron chi connectivity index (χ3n) is 3.16. The molecule has 0 radical (unpaired) electrons. The maximum Gasteiger partial charge on any atom is 0.170 e. The van der Waals surface area contributed by atoms with E-state index in [0.717, 1.165) is 25.5 Å². The number of hydrogen-bond acceptors (Lipinski definition) is 2. The minimum absolute atomic E-state index is 0.0572. The number of aryl methyl sites for hydroxylation is 1. The van der Waals surface area contributed by atoms with Gasteiger partial charge in [0, 0.05) is 12.5 Å². The molecule has 1 aromatic rings. The van der Waals surface area contributed by atoms with Gasteiger partial charge in [0.05, 0.1) is 5.56 Å². The van der Waals surface area contributed by atoms with Crippen LogP contribution in [-0.4, -0.2) is 18.4 Å². The number of ketones is 1. The average molecular weight is 239 g/mol. The zero-order valence-corrected chi connectivity index (χ0v) is 9.72. The summed E-state index contributed by atoms with van der Waals surface area (Å²) in [5, 5.41) is 3.15. The van der Waals surface area contributed by atoms with Crippen molar-refractivity contribution < 1.29 is 13.6 Å². The molecule has 2 nitrogen and oxygen atoms in total. The molecule has 0 amide bonds. The normalized spacial score (nSPS) is 19.6. The fourth-order valence-electron chi connectivity index (χ4n) is 2.17. The molecule has 1 heterocycles. The fraction of sp³-hybridized carbons (Fsp3) is 0.462. The van der Waals surface area contributed by atoms with Crippen LogP contribution >= 0.6 is 0 Å². The Morgan fingerprint density at radius 1 is 1.47 bits per heavy atom. The Kier molecular flexibility index (Phi) is 3.52. The Hall–Kier alpha value is -1.29. The standard InChI is InChI=1S/C13H15F2NO/c1-8-4-5-10(14)12(13(8)15)11(17)7-9-3-2-6-16-9/h4-5,9,16H,2-3,6-7H2,1H3. The van der Waals surface area contributed by atoms with Crippen LogP contribution in [0.1, 0.15) is 35.2 Å². The predicted molar refractivity (Wildman–Crippen MR) is 61.1 cm³/mol. The van der Waals surface area contributed by atoms with Gasteiger partial charge in [-0.05, 0) is 37.9 Å². The zero-order chi connectivity index (χ0) is 12.4. The lowest BCUT2D eigenvalue weighted by atomic mass is 10.00. The first-order chi connectivity index (χ1) is 8.09. The van der Waals surface area contributed by atoms with Crippen LogP contribution in [0.5, 0.6) is 0 Å². The Labute approximate surface area is 99.0 Å². The summed E-state index contributed by atoms with van der Waals surface area (Å²) in [4.78, 5) is 11.9. The molecule has 1 aliphatic heterocycles. The summed E-state index contributed by atoms with van der Waals surface area (Å²) in [5.74, 6) is -1.95. The van der Waals surface area contributed by atoms with Gasteiger partial charge in [-0.1, -0.05) is 6.07 Å². The van der Waals surface area contributed by atoms with Crippen molar-refractivity contribution in [2.75, 3.05) is 6.54 Å². The van der Waals surface area contributed by atoms with Gasteiger partial charge < -0.3 is 5.32 Å². The molecule has 4 heteroatoms. The van der Waals surface area contributed by atoms with E-state index >= 15 is 0 Å². The Morgan fingerprint density at radius 2 is 2.24 bits per heavy atom. The van der Waals surface area contributed by atoms with Crippen LogP contribution in [0.3, 0.4) is 0 Å². The third kappa shape index (κ3) is 2.52. The lowest BCUT2D eigenvalue weighted by molar-refractivity contribution is 0.0963. The molecule has 0 saturated carbocycles. The van der Waals surface area contributed by atoms with Crippen LogP contribution in [0, 0.1) is 18.6 Å². The minimum atomic E-state index is -0.768. The summed E-state index contributed by atoms with van der Waals surface area (Å²) in [6, 6.07) is 2.55. The molecule has 1 aliphatic rings. The second-order valence-corrected chi connectivity index (χ2v) is 4.47. The molecule has 1 atom stereocenters. The molecule has 1 unspecified atom stereocenters. The average Bonchev–Trinajstić information content (AvgIpc) is 2.77. The van der Waals surface area contributed by atoms with Crippen LogP contribution in [0.2, 0.25) is 0 Å². The first-order valence-electron chi connectivity index (χ1n) is 5.81. The number of hydrogen-bond donors (Lipinski definition) is 1. The second-order valence-electron chi connectivity index (χ2n) is 4.47. The van der Waals surface area contributed by atoms with E-state index in [2.05, 4.69) is 5.32 Å². The third-order valence-corrected chi connectivity index (χ3v) is 3.16. The summed E-state index contributed by atoms with van der Waals surface area (Å²) in [6.07, 6.45) is 2.06. The first-order valence-corrected chi connectivity index (χ1v) is 5.81. The summed E-state index contributed by atoms with van der Waals surface area (Å²) in [6.45, 7) is 2.40. The van der Waals surface area contributed by atoms with Gasteiger partial charge in [0.1, 0.15) is 11.6 Å². The maximum atomic E-state index is 13.7. The highest BCUT2D eigenvalue weighted by atomic mass is 19.1. The van der Waals surface area contributed by atoms with Gasteiger partial charge in [0.15, 0.2) is 5.78 Å². The number of benzene rings is 1. The molecule has 0 aromatic heterocycles. The quantitative estimate of drug-likeness (QED) is 0.821. The van der Waals surface area contributed by atoms with Gasteiger partial charge in [-0.2, -0.15) is 0 Å². The van der Waals surface area contributed by atoms with E-state index in [4.69, 9.17) is 0 Å². The Morgan fingerprint density at radius 3 is 2.88 bits per heavy atom. The van der Waals surface area contributed by atoms with Gasteiger partial charge in [-0.3, -0.25) is 4.79 Å². The Balaban J connectivity index is 2.21. The van der Waals surface area contributed by atoms with E-state index in [1.165, 1.54) is 13.0 Å².